The van der Waals surface area contributed by atoms with E-state index in [9.17, 15) is 9.59 Å². The second-order valence-corrected chi connectivity index (χ2v) is 5.10. The van der Waals surface area contributed by atoms with Gasteiger partial charge in [0.15, 0.2) is 6.10 Å². The first-order valence-corrected chi connectivity index (χ1v) is 6.65. The molecular formula is C11H17N3O4S. The summed E-state index contributed by atoms with van der Waals surface area (Å²) in [5, 5.41) is 23.2. The Morgan fingerprint density at radius 1 is 1.53 bits per heavy atom. The number of carbonyl (C=O) groups is 2. The minimum Gasteiger partial charge on any atom is -0.479 e. The summed E-state index contributed by atoms with van der Waals surface area (Å²) < 4.78 is 0. The van der Waals surface area contributed by atoms with E-state index in [1.807, 2.05) is 6.92 Å². The Bertz CT molecular complexity index is 449. The minimum absolute atomic E-state index is 0.271. The highest BCUT2D eigenvalue weighted by atomic mass is 32.1. The van der Waals surface area contributed by atoms with Gasteiger partial charge in [0.25, 0.3) is 0 Å². The SMILES string of the molecule is CCc1cnc(C(C)NC(=O)NCC(O)C(=O)O)s1. The van der Waals surface area contributed by atoms with Gasteiger partial charge >= 0.3 is 12.0 Å². The van der Waals surface area contributed by atoms with Gasteiger partial charge in [0.1, 0.15) is 5.01 Å². The first-order chi connectivity index (χ1) is 8.93. The average molecular weight is 287 g/mol. The molecule has 0 bridgehead atoms. The Kier molecular flexibility index (Phi) is 5.71. The monoisotopic (exact) mass is 287 g/mol. The number of carboxylic acid groups (broad SMARTS) is 1. The first kappa shape index (κ1) is 15.4. The number of hydrogen-bond acceptors (Lipinski definition) is 5. The lowest BCUT2D eigenvalue weighted by molar-refractivity contribution is -0.146. The van der Waals surface area contributed by atoms with Crippen LogP contribution in [-0.2, 0) is 11.2 Å². The number of amides is 2. The molecule has 2 atom stereocenters. The van der Waals surface area contributed by atoms with E-state index in [0.717, 1.165) is 16.3 Å². The molecule has 0 saturated heterocycles. The standard InChI is InChI=1S/C11H17N3O4S/c1-3-7-4-12-9(19-7)6(2)14-11(18)13-5-8(15)10(16)17/h4,6,8,15H,3,5H2,1-2H3,(H,16,17)(H2,13,14,18). The third-order valence-corrected chi connectivity index (χ3v) is 3.70. The van der Waals surface area contributed by atoms with E-state index in [4.69, 9.17) is 10.2 Å². The summed E-state index contributed by atoms with van der Waals surface area (Å²) in [4.78, 5) is 27.2. The Balaban J connectivity index is 2.41. The molecule has 2 amide bonds. The number of aliphatic hydroxyl groups is 1. The zero-order valence-corrected chi connectivity index (χ0v) is 11.5. The number of hydrogen-bond donors (Lipinski definition) is 4. The molecule has 2 unspecified atom stereocenters. The number of carbonyl (C=O) groups excluding carboxylic acids is 1. The van der Waals surface area contributed by atoms with Crippen LogP contribution in [0.4, 0.5) is 4.79 Å². The fourth-order valence-electron chi connectivity index (χ4n) is 1.27. The molecule has 0 spiro atoms. The van der Waals surface area contributed by atoms with Crippen LogP contribution >= 0.6 is 11.3 Å². The average Bonchev–Trinajstić information content (AvgIpc) is 2.84. The predicted octanol–water partition coefficient (Wildman–Crippen LogP) is 0.511. The predicted molar refractivity (Wildman–Crippen MR) is 70.1 cm³/mol. The molecule has 4 N–H and O–H groups in total. The Morgan fingerprint density at radius 2 is 2.21 bits per heavy atom. The van der Waals surface area contributed by atoms with Crippen molar-refractivity contribution in [3.05, 3.63) is 16.1 Å². The lowest BCUT2D eigenvalue weighted by atomic mass is 10.3. The molecule has 0 fully saturated rings. The molecule has 106 valence electrons. The summed E-state index contributed by atoms with van der Waals surface area (Å²) in [7, 11) is 0. The van der Waals surface area contributed by atoms with Crippen LogP contribution < -0.4 is 10.6 Å². The van der Waals surface area contributed by atoms with Gasteiger partial charge in [-0.25, -0.2) is 14.6 Å². The highest BCUT2D eigenvalue weighted by molar-refractivity contribution is 7.11. The fraction of sp³-hybridized carbons (Fsp3) is 0.545. The van der Waals surface area contributed by atoms with Crippen LogP contribution in [0.15, 0.2) is 6.20 Å². The summed E-state index contributed by atoms with van der Waals surface area (Å²) in [5.74, 6) is -1.37. The number of urea groups is 1. The van der Waals surface area contributed by atoms with Crippen LogP contribution in [0.2, 0.25) is 0 Å². The number of aryl methyl sites for hydroxylation is 1. The van der Waals surface area contributed by atoms with Gasteiger partial charge in [0.2, 0.25) is 0 Å². The van der Waals surface area contributed by atoms with Crippen molar-refractivity contribution in [1.82, 2.24) is 15.6 Å². The molecule has 1 aromatic heterocycles. The van der Waals surface area contributed by atoms with Crippen LogP contribution in [0.1, 0.15) is 29.8 Å². The van der Waals surface area contributed by atoms with Crippen molar-refractivity contribution in [2.45, 2.75) is 32.4 Å². The van der Waals surface area contributed by atoms with E-state index < -0.39 is 18.1 Å². The van der Waals surface area contributed by atoms with Gasteiger partial charge in [0, 0.05) is 11.1 Å². The van der Waals surface area contributed by atoms with Gasteiger partial charge in [-0.05, 0) is 13.3 Å². The van der Waals surface area contributed by atoms with Gasteiger partial charge in [-0.2, -0.15) is 0 Å². The smallest absolute Gasteiger partial charge is 0.334 e. The van der Waals surface area contributed by atoms with E-state index in [-0.39, 0.29) is 12.6 Å². The normalized spacial score (nSPS) is 13.6. The van der Waals surface area contributed by atoms with Gasteiger partial charge in [-0.15, -0.1) is 11.3 Å². The van der Waals surface area contributed by atoms with Gasteiger partial charge < -0.3 is 20.8 Å². The summed E-state index contributed by atoms with van der Waals surface area (Å²) in [6.07, 6.45) is 1.05. The second-order valence-electron chi connectivity index (χ2n) is 3.95. The topological polar surface area (TPSA) is 112 Å². The quantitative estimate of drug-likeness (QED) is 0.609. The lowest BCUT2D eigenvalue weighted by Crippen LogP contribution is -2.42. The molecule has 1 aromatic rings. The van der Waals surface area contributed by atoms with E-state index in [1.165, 1.54) is 11.3 Å². The van der Waals surface area contributed by atoms with E-state index in [2.05, 4.69) is 15.6 Å². The summed E-state index contributed by atoms with van der Waals surface area (Å²) in [5.41, 5.74) is 0. The van der Waals surface area contributed by atoms with Crippen molar-refractivity contribution in [2.24, 2.45) is 0 Å². The van der Waals surface area contributed by atoms with Crippen molar-refractivity contribution in [2.75, 3.05) is 6.54 Å². The molecule has 7 nitrogen and oxygen atoms in total. The molecule has 1 rings (SSSR count). The molecule has 0 aliphatic rings. The number of aliphatic hydroxyl groups excluding tert-OH is 1. The van der Waals surface area contributed by atoms with Crippen molar-refractivity contribution in [3.63, 3.8) is 0 Å². The Morgan fingerprint density at radius 3 is 2.74 bits per heavy atom. The van der Waals surface area contributed by atoms with Gasteiger partial charge in [-0.1, -0.05) is 6.92 Å². The summed E-state index contributed by atoms with van der Waals surface area (Å²) >= 11 is 1.52. The molecule has 8 heteroatoms. The molecule has 0 aliphatic carbocycles. The van der Waals surface area contributed by atoms with Crippen LogP contribution in [0, 0.1) is 0 Å². The van der Waals surface area contributed by atoms with Crippen molar-refractivity contribution in [1.29, 1.82) is 0 Å². The molecule has 1 heterocycles. The van der Waals surface area contributed by atoms with Crippen LogP contribution in [0.3, 0.4) is 0 Å². The Labute approximate surface area is 114 Å². The fourth-order valence-corrected chi connectivity index (χ4v) is 2.13. The lowest BCUT2D eigenvalue weighted by Gasteiger charge is -2.13. The third kappa shape index (κ3) is 4.84. The second kappa shape index (κ2) is 7.05. The maximum Gasteiger partial charge on any atom is 0.334 e. The summed E-state index contributed by atoms with van der Waals surface area (Å²) in [6.45, 7) is 3.47. The molecular weight excluding hydrogens is 270 g/mol. The molecule has 0 radical (unpaired) electrons. The van der Waals surface area contributed by atoms with E-state index >= 15 is 0 Å². The van der Waals surface area contributed by atoms with Gasteiger partial charge in [0.05, 0.1) is 12.6 Å². The van der Waals surface area contributed by atoms with Crippen molar-refractivity contribution in [3.8, 4) is 0 Å². The van der Waals surface area contributed by atoms with Crippen LogP contribution in [-0.4, -0.2) is 39.8 Å². The Hall–Kier alpha value is -1.67. The third-order valence-electron chi connectivity index (χ3n) is 2.38. The van der Waals surface area contributed by atoms with Crippen LogP contribution in [0.5, 0.6) is 0 Å². The number of aliphatic carboxylic acids is 1. The van der Waals surface area contributed by atoms with Crippen molar-refractivity contribution < 1.29 is 19.8 Å². The number of thiazole rings is 1. The number of nitrogens with zero attached hydrogens (tertiary/aromatic N) is 1. The minimum atomic E-state index is -1.60. The summed E-state index contributed by atoms with van der Waals surface area (Å²) in [6, 6.07) is -0.812. The number of carboxylic acids is 1. The van der Waals surface area contributed by atoms with Crippen LogP contribution in [0.25, 0.3) is 0 Å². The maximum absolute atomic E-state index is 11.5. The van der Waals surface area contributed by atoms with E-state index in [1.54, 1.807) is 13.1 Å². The number of aromatic nitrogens is 1. The molecule has 0 aliphatic heterocycles. The zero-order chi connectivity index (χ0) is 14.4. The highest BCUT2D eigenvalue weighted by Gasteiger charge is 2.16. The first-order valence-electron chi connectivity index (χ1n) is 5.83. The molecule has 19 heavy (non-hydrogen) atoms. The van der Waals surface area contributed by atoms with Gasteiger partial charge in [-0.3, -0.25) is 0 Å². The molecule has 0 aromatic carbocycles. The zero-order valence-electron chi connectivity index (χ0n) is 10.7. The number of nitrogens with one attached hydrogen (secondary N) is 2. The van der Waals surface area contributed by atoms with Crippen molar-refractivity contribution >= 4 is 23.3 Å². The highest BCUT2D eigenvalue weighted by Crippen LogP contribution is 2.19. The molecule has 0 saturated carbocycles. The largest absolute Gasteiger partial charge is 0.479 e. The van der Waals surface area contributed by atoms with E-state index in [0.29, 0.717) is 0 Å². The maximum atomic E-state index is 11.5. The number of rotatable bonds is 6.